The molecular formula is C20H22O7. The molecule has 0 fully saturated rings. The Labute approximate surface area is 156 Å². The predicted molar refractivity (Wildman–Crippen MR) is 97.5 cm³/mol. The van der Waals surface area contributed by atoms with E-state index in [4.69, 9.17) is 4.74 Å². The van der Waals surface area contributed by atoms with E-state index in [0.29, 0.717) is 11.3 Å². The van der Waals surface area contributed by atoms with Crippen LogP contribution < -0.4 is 4.74 Å². The smallest absolute Gasteiger partial charge is 0.336 e. The number of esters is 2. The summed E-state index contributed by atoms with van der Waals surface area (Å²) < 4.78 is 14.2. The van der Waals surface area contributed by atoms with E-state index in [9.17, 15) is 19.5 Å². The Morgan fingerprint density at radius 1 is 0.889 bits per heavy atom. The number of carbonyl (C=O) groups is 3. The first-order valence-electron chi connectivity index (χ1n) is 8.29. The molecule has 2 aromatic carbocycles. The van der Waals surface area contributed by atoms with E-state index in [1.54, 1.807) is 26.2 Å². The number of aliphatic hydroxyl groups is 1. The van der Waals surface area contributed by atoms with E-state index in [0.717, 1.165) is 25.0 Å². The maximum Gasteiger partial charge on any atom is 0.336 e. The zero-order valence-electron chi connectivity index (χ0n) is 15.6. The van der Waals surface area contributed by atoms with E-state index in [-0.39, 0.29) is 0 Å². The Morgan fingerprint density at radius 2 is 1.48 bits per heavy atom. The molecule has 0 aliphatic rings. The third-order valence-electron chi connectivity index (χ3n) is 4.52. The van der Waals surface area contributed by atoms with Gasteiger partial charge in [0, 0.05) is 5.92 Å². The average molecular weight is 374 g/mol. The fraction of sp³-hybridized carbons (Fsp3) is 0.350. The van der Waals surface area contributed by atoms with Crippen molar-refractivity contribution < 1.29 is 33.7 Å². The fourth-order valence-electron chi connectivity index (χ4n) is 2.86. The number of aliphatic hydroxyl groups excluding tert-OH is 1. The van der Waals surface area contributed by atoms with Gasteiger partial charge in [-0.3, -0.25) is 9.59 Å². The van der Waals surface area contributed by atoms with Crippen LogP contribution in [0.15, 0.2) is 36.4 Å². The maximum absolute atomic E-state index is 12.9. The first-order chi connectivity index (χ1) is 12.8. The minimum atomic E-state index is -1.93. The molecule has 0 aliphatic carbocycles. The number of carbonyl (C=O) groups excluding carboxylic acids is 3. The van der Waals surface area contributed by atoms with E-state index in [1.165, 1.54) is 0 Å². The van der Waals surface area contributed by atoms with Crippen molar-refractivity contribution in [2.75, 3.05) is 21.3 Å². The molecular weight excluding hydrogens is 352 g/mol. The molecule has 0 spiro atoms. The molecule has 3 unspecified atom stereocenters. The molecule has 0 aromatic heterocycles. The highest BCUT2D eigenvalue weighted by molar-refractivity contribution is 6.06. The Bertz CT molecular complexity index is 859. The molecule has 0 bridgehead atoms. The molecule has 3 atom stereocenters. The lowest BCUT2D eigenvalue weighted by Crippen LogP contribution is -2.43. The molecule has 0 heterocycles. The van der Waals surface area contributed by atoms with Gasteiger partial charge in [0.15, 0.2) is 17.8 Å². The summed E-state index contributed by atoms with van der Waals surface area (Å²) in [5.41, 5.74) is 0.642. The summed E-state index contributed by atoms with van der Waals surface area (Å²) in [5.74, 6) is -4.39. The van der Waals surface area contributed by atoms with Gasteiger partial charge < -0.3 is 19.3 Å². The molecule has 2 rings (SSSR count). The molecule has 7 heteroatoms. The van der Waals surface area contributed by atoms with Gasteiger partial charge in [-0.1, -0.05) is 31.2 Å². The van der Waals surface area contributed by atoms with Crippen LogP contribution in [0.4, 0.5) is 0 Å². The van der Waals surface area contributed by atoms with Gasteiger partial charge in [0.25, 0.3) is 0 Å². The fourth-order valence-corrected chi connectivity index (χ4v) is 2.86. The van der Waals surface area contributed by atoms with Crippen molar-refractivity contribution >= 4 is 28.5 Å². The van der Waals surface area contributed by atoms with Gasteiger partial charge in [-0.15, -0.1) is 0 Å². The van der Waals surface area contributed by atoms with E-state index in [2.05, 4.69) is 9.47 Å². The molecule has 2 aromatic rings. The third kappa shape index (κ3) is 4.25. The second kappa shape index (κ2) is 8.64. The van der Waals surface area contributed by atoms with Gasteiger partial charge in [-0.05, 0) is 28.5 Å². The lowest BCUT2D eigenvalue weighted by molar-refractivity contribution is -0.166. The van der Waals surface area contributed by atoms with Crippen molar-refractivity contribution in [3.8, 4) is 5.75 Å². The highest BCUT2D eigenvalue weighted by Crippen LogP contribution is 2.28. The van der Waals surface area contributed by atoms with Crippen LogP contribution in [0.3, 0.4) is 0 Å². The lowest BCUT2D eigenvalue weighted by atomic mass is 9.85. The third-order valence-corrected chi connectivity index (χ3v) is 4.52. The van der Waals surface area contributed by atoms with Crippen molar-refractivity contribution in [1.82, 2.24) is 0 Å². The van der Waals surface area contributed by atoms with Crippen molar-refractivity contribution in [2.24, 2.45) is 5.92 Å². The Balaban J connectivity index is 2.36. The van der Waals surface area contributed by atoms with Gasteiger partial charge >= 0.3 is 11.9 Å². The van der Waals surface area contributed by atoms with E-state index >= 15 is 0 Å². The quantitative estimate of drug-likeness (QED) is 0.583. The zero-order chi connectivity index (χ0) is 20.1. The van der Waals surface area contributed by atoms with Gasteiger partial charge in [0.2, 0.25) is 0 Å². The number of hydrogen-bond acceptors (Lipinski definition) is 7. The van der Waals surface area contributed by atoms with Crippen molar-refractivity contribution in [3.63, 3.8) is 0 Å². The molecule has 0 radical (unpaired) electrons. The SMILES string of the molecule is COC(=O)C(O)C(C(=O)OC)C(=O)C(C)c1ccc2cc(OC)ccc2c1. The summed E-state index contributed by atoms with van der Waals surface area (Å²) in [6.07, 6.45) is -1.93. The standard InChI is InChI=1S/C20H22O7/c1-11(17(21)16(19(23)26-3)18(22)20(24)27-4)12-5-6-14-10-15(25-2)8-7-13(14)9-12/h5-11,16,18,22H,1-4H3. The Morgan fingerprint density at radius 3 is 2.07 bits per heavy atom. The number of Topliss-reactive ketones (excluding diaryl/α,β-unsaturated/α-hetero) is 1. The first-order valence-corrected chi connectivity index (χ1v) is 8.29. The molecule has 7 nitrogen and oxygen atoms in total. The van der Waals surface area contributed by atoms with Crippen molar-refractivity contribution in [1.29, 1.82) is 0 Å². The number of benzene rings is 2. The zero-order valence-corrected chi connectivity index (χ0v) is 15.6. The minimum absolute atomic E-state index is 0.632. The van der Waals surface area contributed by atoms with E-state index < -0.39 is 35.7 Å². The maximum atomic E-state index is 12.9. The molecule has 0 aliphatic heterocycles. The van der Waals surface area contributed by atoms with Crippen LogP contribution >= 0.6 is 0 Å². The van der Waals surface area contributed by atoms with E-state index in [1.807, 2.05) is 24.3 Å². The molecule has 1 N–H and O–H groups in total. The number of ether oxygens (including phenoxy) is 3. The largest absolute Gasteiger partial charge is 0.497 e. The van der Waals surface area contributed by atoms with Crippen LogP contribution in [0.25, 0.3) is 10.8 Å². The second-order valence-electron chi connectivity index (χ2n) is 6.07. The van der Waals surface area contributed by atoms with Crippen molar-refractivity contribution in [2.45, 2.75) is 18.9 Å². The number of ketones is 1. The number of fused-ring (bicyclic) bond motifs is 1. The number of hydrogen-bond donors (Lipinski definition) is 1. The highest BCUT2D eigenvalue weighted by Gasteiger charge is 2.41. The van der Waals surface area contributed by atoms with Crippen LogP contribution in [0.2, 0.25) is 0 Å². The van der Waals surface area contributed by atoms with Gasteiger partial charge in [0.1, 0.15) is 5.75 Å². The highest BCUT2D eigenvalue weighted by atomic mass is 16.5. The predicted octanol–water partition coefficient (Wildman–Crippen LogP) is 1.84. The van der Waals surface area contributed by atoms with Crippen LogP contribution in [0, 0.1) is 5.92 Å². The number of methoxy groups -OCH3 is 3. The van der Waals surface area contributed by atoms with Gasteiger partial charge in [-0.2, -0.15) is 0 Å². The molecule has 0 saturated carbocycles. The molecule has 27 heavy (non-hydrogen) atoms. The summed E-state index contributed by atoms with van der Waals surface area (Å²) in [6, 6.07) is 10.9. The Hall–Kier alpha value is -2.93. The summed E-state index contributed by atoms with van der Waals surface area (Å²) in [6.45, 7) is 1.60. The van der Waals surface area contributed by atoms with Crippen LogP contribution in [-0.4, -0.2) is 50.3 Å². The molecule has 0 amide bonds. The summed E-state index contributed by atoms with van der Waals surface area (Å²) in [7, 11) is 3.72. The average Bonchev–Trinajstić information content (AvgIpc) is 2.71. The second-order valence-corrected chi connectivity index (χ2v) is 6.07. The first kappa shape index (κ1) is 20.4. The molecule has 0 saturated heterocycles. The molecule has 144 valence electrons. The summed E-state index contributed by atoms with van der Waals surface area (Å²) >= 11 is 0. The van der Waals surface area contributed by atoms with Gasteiger partial charge in [0.05, 0.1) is 21.3 Å². The van der Waals surface area contributed by atoms with Crippen molar-refractivity contribution in [3.05, 3.63) is 42.0 Å². The lowest BCUT2D eigenvalue weighted by Gasteiger charge is -2.21. The Kier molecular flexibility index (Phi) is 6.52. The minimum Gasteiger partial charge on any atom is -0.497 e. The normalized spacial score (nSPS) is 14.1. The number of rotatable bonds is 7. The van der Waals surface area contributed by atoms with Crippen LogP contribution in [-0.2, 0) is 23.9 Å². The van der Waals surface area contributed by atoms with Gasteiger partial charge in [-0.25, -0.2) is 4.79 Å². The monoisotopic (exact) mass is 374 g/mol. The summed E-state index contributed by atoms with van der Waals surface area (Å²) in [4.78, 5) is 36.5. The van der Waals surface area contributed by atoms with Crippen LogP contribution in [0.5, 0.6) is 5.75 Å². The van der Waals surface area contributed by atoms with Crippen LogP contribution in [0.1, 0.15) is 18.4 Å². The summed E-state index contributed by atoms with van der Waals surface area (Å²) in [5, 5.41) is 11.9. The topological polar surface area (TPSA) is 99.1 Å².